The Morgan fingerprint density at radius 3 is 2.53 bits per heavy atom. The number of aryl methyl sites for hydroxylation is 1. The van der Waals surface area contributed by atoms with E-state index in [9.17, 15) is 14.7 Å². The van der Waals surface area contributed by atoms with E-state index < -0.39 is 5.97 Å². The van der Waals surface area contributed by atoms with Crippen molar-refractivity contribution in [2.75, 3.05) is 11.9 Å². The molecule has 1 aromatic heterocycles. The van der Waals surface area contributed by atoms with Crippen LogP contribution < -0.4 is 10.1 Å². The highest BCUT2D eigenvalue weighted by Crippen LogP contribution is 2.31. The zero-order valence-electron chi connectivity index (χ0n) is 22.2. The lowest BCUT2D eigenvalue weighted by Crippen LogP contribution is -2.22. The molecule has 0 radical (unpaired) electrons. The molecule has 0 saturated carbocycles. The van der Waals surface area contributed by atoms with Crippen LogP contribution in [-0.4, -0.2) is 28.2 Å². The Balaban J connectivity index is 1.58. The molecule has 0 fully saturated rings. The van der Waals surface area contributed by atoms with Gasteiger partial charge in [0.05, 0.1) is 23.4 Å². The summed E-state index contributed by atoms with van der Waals surface area (Å²) in [5, 5.41) is 13.7. The molecule has 1 amide bonds. The van der Waals surface area contributed by atoms with Crippen LogP contribution in [0.2, 0.25) is 0 Å². The average Bonchev–Trinajstić information content (AvgIpc) is 3.35. The first kappa shape index (κ1) is 27.0. The molecule has 0 aliphatic carbocycles. The summed E-state index contributed by atoms with van der Waals surface area (Å²) in [6, 6.07) is 23.0. The summed E-state index contributed by atoms with van der Waals surface area (Å²) in [6.07, 6.45) is 7.43. The molecule has 6 heteroatoms. The number of nitrogens with zero attached hydrogens (tertiary/aromatic N) is 1. The number of hydrogen-bond acceptors (Lipinski definition) is 3. The Bertz CT molecular complexity index is 1380. The third kappa shape index (κ3) is 6.62. The smallest absolute Gasteiger partial charge is 0.335 e. The quantitative estimate of drug-likeness (QED) is 0.182. The molecule has 0 aliphatic heterocycles. The van der Waals surface area contributed by atoms with Gasteiger partial charge in [-0.15, -0.1) is 0 Å². The van der Waals surface area contributed by atoms with Gasteiger partial charge >= 0.3 is 5.97 Å². The molecule has 4 aromatic rings. The first-order valence-corrected chi connectivity index (χ1v) is 13.5. The summed E-state index contributed by atoms with van der Waals surface area (Å²) >= 11 is 0. The van der Waals surface area contributed by atoms with E-state index in [0.717, 1.165) is 60.8 Å². The third-order valence-corrected chi connectivity index (χ3v) is 6.91. The summed E-state index contributed by atoms with van der Waals surface area (Å²) in [7, 11) is 0. The maximum Gasteiger partial charge on any atom is 0.335 e. The molecule has 1 unspecified atom stereocenters. The van der Waals surface area contributed by atoms with E-state index in [1.807, 2.05) is 53.2 Å². The zero-order chi connectivity index (χ0) is 26.9. The van der Waals surface area contributed by atoms with Crippen LogP contribution in [0.5, 0.6) is 5.75 Å². The highest BCUT2D eigenvalue weighted by Gasteiger charge is 2.17. The lowest BCUT2D eigenvalue weighted by atomic mass is 9.98. The summed E-state index contributed by atoms with van der Waals surface area (Å²) in [6.45, 7) is 4.65. The predicted molar refractivity (Wildman–Crippen MR) is 152 cm³/mol. The minimum Gasteiger partial charge on any atom is -0.491 e. The molecular weight excluding hydrogens is 476 g/mol. The topological polar surface area (TPSA) is 80.6 Å². The number of carbonyl (C=O) groups excluding carboxylic acids is 1. The number of nitrogens with one attached hydrogen (secondary N) is 1. The molecule has 38 heavy (non-hydrogen) atoms. The van der Waals surface area contributed by atoms with Gasteiger partial charge in [0.15, 0.2) is 0 Å². The Morgan fingerprint density at radius 2 is 1.79 bits per heavy atom. The molecule has 0 bridgehead atoms. The second kappa shape index (κ2) is 13.0. The Hall–Kier alpha value is -4.06. The number of carboxylic acids is 1. The molecule has 4 rings (SSSR count). The van der Waals surface area contributed by atoms with Gasteiger partial charge in [-0.2, -0.15) is 0 Å². The van der Waals surface area contributed by atoms with Crippen LogP contribution in [0.4, 0.5) is 5.69 Å². The monoisotopic (exact) mass is 512 g/mol. The number of carboxylic acid groups (broad SMARTS) is 1. The lowest BCUT2D eigenvalue weighted by molar-refractivity contribution is -0.120. The number of rotatable bonds is 13. The maximum absolute atomic E-state index is 12.9. The third-order valence-electron chi connectivity index (χ3n) is 6.91. The van der Waals surface area contributed by atoms with Gasteiger partial charge in [0.1, 0.15) is 5.75 Å². The van der Waals surface area contributed by atoms with Crippen molar-refractivity contribution >= 4 is 28.5 Å². The van der Waals surface area contributed by atoms with E-state index in [2.05, 4.69) is 31.3 Å². The van der Waals surface area contributed by atoms with Gasteiger partial charge in [-0.25, -0.2) is 4.79 Å². The summed E-state index contributed by atoms with van der Waals surface area (Å²) in [5.41, 5.74) is 3.81. The van der Waals surface area contributed by atoms with Crippen molar-refractivity contribution in [3.63, 3.8) is 0 Å². The molecule has 0 aliphatic rings. The number of amides is 1. The molecule has 198 valence electrons. The number of benzene rings is 3. The molecule has 0 spiro atoms. The van der Waals surface area contributed by atoms with E-state index >= 15 is 0 Å². The van der Waals surface area contributed by atoms with Crippen LogP contribution in [0.1, 0.15) is 61.9 Å². The van der Waals surface area contributed by atoms with Crippen LogP contribution in [-0.2, 0) is 11.2 Å². The van der Waals surface area contributed by atoms with Crippen LogP contribution in [0.3, 0.4) is 0 Å². The van der Waals surface area contributed by atoms with E-state index in [-0.39, 0.29) is 17.4 Å². The van der Waals surface area contributed by atoms with Gasteiger partial charge in [-0.3, -0.25) is 4.79 Å². The Labute approximate surface area is 224 Å². The van der Waals surface area contributed by atoms with Crippen molar-refractivity contribution in [2.45, 2.75) is 52.4 Å². The fourth-order valence-electron chi connectivity index (χ4n) is 4.70. The second-order valence-corrected chi connectivity index (χ2v) is 9.62. The maximum atomic E-state index is 12.9. The standard InChI is InChI=1S/C32H36N2O4/c1-3-5-13-24(4-2)31(35)33-27-16-14-25-18-19-34(29(25)22-27)28-17-15-26(32(36)37)21-30(28)38-20-9-12-23-10-7-6-8-11-23/h6-8,10-11,14-19,21-22,24H,3-5,9,12-13,20H2,1-2H3,(H,33,35)(H,36,37). The van der Waals surface area contributed by atoms with Gasteiger partial charge in [-0.05, 0) is 67.6 Å². The van der Waals surface area contributed by atoms with Gasteiger partial charge < -0.3 is 19.7 Å². The minimum atomic E-state index is -0.999. The molecule has 2 N–H and O–H groups in total. The number of ether oxygens (including phenoxy) is 1. The first-order valence-electron chi connectivity index (χ1n) is 13.5. The van der Waals surface area contributed by atoms with E-state index in [4.69, 9.17) is 4.74 Å². The molecule has 1 heterocycles. The van der Waals surface area contributed by atoms with Crippen molar-refractivity contribution in [3.8, 4) is 11.4 Å². The predicted octanol–water partition coefficient (Wildman–Crippen LogP) is 7.50. The summed E-state index contributed by atoms with van der Waals surface area (Å²) in [4.78, 5) is 24.6. The SMILES string of the molecule is CCCCC(CC)C(=O)Nc1ccc2ccn(-c3ccc(C(=O)O)cc3OCCCc3ccccc3)c2c1. The first-order chi connectivity index (χ1) is 18.5. The van der Waals surface area contributed by atoms with Crippen LogP contribution in [0, 0.1) is 5.92 Å². The van der Waals surface area contributed by atoms with Crippen LogP contribution in [0.15, 0.2) is 79.0 Å². The van der Waals surface area contributed by atoms with Crippen molar-refractivity contribution in [3.05, 3.63) is 90.1 Å². The molecular formula is C32H36N2O4. The van der Waals surface area contributed by atoms with Crippen molar-refractivity contribution < 1.29 is 19.4 Å². The number of fused-ring (bicyclic) bond motifs is 1. The van der Waals surface area contributed by atoms with Gasteiger partial charge in [0, 0.05) is 23.2 Å². The van der Waals surface area contributed by atoms with E-state index in [1.165, 1.54) is 5.56 Å². The zero-order valence-corrected chi connectivity index (χ0v) is 22.2. The van der Waals surface area contributed by atoms with Gasteiger partial charge in [-0.1, -0.05) is 63.1 Å². The molecule has 1 atom stereocenters. The Kier molecular flexibility index (Phi) is 9.20. The van der Waals surface area contributed by atoms with Gasteiger partial charge in [0.2, 0.25) is 5.91 Å². The number of unbranched alkanes of at least 4 members (excludes halogenated alkanes) is 1. The summed E-state index contributed by atoms with van der Waals surface area (Å²) < 4.78 is 8.13. The highest BCUT2D eigenvalue weighted by molar-refractivity contribution is 5.95. The number of carbonyl (C=O) groups is 2. The number of aromatic carboxylic acids is 1. The fraction of sp³-hybridized carbons (Fsp3) is 0.312. The van der Waals surface area contributed by atoms with E-state index in [1.54, 1.807) is 18.2 Å². The lowest BCUT2D eigenvalue weighted by Gasteiger charge is -2.16. The fourth-order valence-corrected chi connectivity index (χ4v) is 4.70. The number of hydrogen-bond donors (Lipinski definition) is 2. The van der Waals surface area contributed by atoms with Crippen LogP contribution in [0.25, 0.3) is 16.6 Å². The highest BCUT2D eigenvalue weighted by atomic mass is 16.5. The summed E-state index contributed by atoms with van der Waals surface area (Å²) in [5.74, 6) is -0.444. The Morgan fingerprint density at radius 1 is 0.974 bits per heavy atom. The normalized spacial score (nSPS) is 11.8. The molecule has 3 aromatic carbocycles. The van der Waals surface area contributed by atoms with E-state index in [0.29, 0.717) is 12.4 Å². The number of anilines is 1. The largest absolute Gasteiger partial charge is 0.491 e. The van der Waals surface area contributed by atoms with Crippen molar-refractivity contribution in [1.29, 1.82) is 0 Å². The minimum absolute atomic E-state index is 0.00288. The molecule has 0 saturated heterocycles. The second-order valence-electron chi connectivity index (χ2n) is 9.62. The van der Waals surface area contributed by atoms with Gasteiger partial charge in [0.25, 0.3) is 0 Å². The van der Waals surface area contributed by atoms with Crippen molar-refractivity contribution in [2.24, 2.45) is 5.92 Å². The van der Waals surface area contributed by atoms with Crippen molar-refractivity contribution in [1.82, 2.24) is 4.57 Å². The van der Waals surface area contributed by atoms with Crippen LogP contribution >= 0.6 is 0 Å². The number of aromatic nitrogens is 1. The molecule has 6 nitrogen and oxygen atoms in total. The average molecular weight is 513 g/mol.